The fourth-order valence-corrected chi connectivity index (χ4v) is 5.95. The number of amides is 1. The summed E-state index contributed by atoms with van der Waals surface area (Å²) in [5, 5.41) is 5.53. The van der Waals surface area contributed by atoms with E-state index in [9.17, 15) is 4.79 Å². The third-order valence-corrected chi connectivity index (χ3v) is 7.26. The summed E-state index contributed by atoms with van der Waals surface area (Å²) < 4.78 is 11.8. The Hall–Kier alpha value is -2.70. The Morgan fingerprint density at radius 1 is 1.27 bits per heavy atom. The molecule has 6 heteroatoms. The summed E-state index contributed by atoms with van der Waals surface area (Å²) in [6, 6.07) is 12.0. The predicted molar refractivity (Wildman–Crippen MR) is 112 cm³/mol. The zero-order valence-electron chi connectivity index (χ0n) is 16.8. The molecule has 3 aromatic rings. The van der Waals surface area contributed by atoms with E-state index in [1.165, 1.54) is 22.6 Å². The largest absolute Gasteiger partial charge is 0.459 e. The highest BCUT2D eigenvalue weighted by Crippen LogP contribution is 2.54. The number of furan rings is 1. The first kappa shape index (κ1) is 18.1. The summed E-state index contributed by atoms with van der Waals surface area (Å²) in [6.45, 7) is 3.54. The first-order valence-corrected chi connectivity index (χ1v) is 10.8. The lowest BCUT2D eigenvalue weighted by Gasteiger charge is -2.29. The number of nitrogens with zero attached hydrogens (tertiary/aromatic N) is 2. The molecule has 3 aliphatic heterocycles. The van der Waals surface area contributed by atoms with Gasteiger partial charge in [-0.1, -0.05) is 18.2 Å². The van der Waals surface area contributed by atoms with Crippen molar-refractivity contribution in [2.24, 2.45) is 11.8 Å². The molecule has 0 unspecified atom stereocenters. The SMILES string of the molecule is O=C(NC[C@H]1[C@H]2CN(Cc3cccc4cnccc34)C[C@]23CC[C@H]1O3)c1ccco1. The number of carbonyl (C=O) groups is 1. The van der Waals surface area contributed by atoms with Gasteiger partial charge in [-0.05, 0) is 42.0 Å². The van der Waals surface area contributed by atoms with Crippen LogP contribution in [0.25, 0.3) is 10.8 Å². The molecule has 1 amide bonds. The maximum Gasteiger partial charge on any atom is 0.286 e. The van der Waals surface area contributed by atoms with Crippen molar-refractivity contribution in [2.45, 2.75) is 31.1 Å². The molecule has 2 aromatic heterocycles. The molecule has 2 bridgehead atoms. The first-order chi connectivity index (χ1) is 14.7. The third-order valence-electron chi connectivity index (χ3n) is 7.26. The van der Waals surface area contributed by atoms with E-state index in [2.05, 4.69) is 39.5 Å². The molecule has 0 saturated carbocycles. The summed E-state index contributed by atoms with van der Waals surface area (Å²) in [6.07, 6.45) is 7.80. The number of hydrogen-bond acceptors (Lipinski definition) is 5. The number of benzene rings is 1. The smallest absolute Gasteiger partial charge is 0.286 e. The van der Waals surface area contributed by atoms with Crippen LogP contribution in [0.15, 0.2) is 59.5 Å². The normalized spacial score (nSPS) is 30.1. The quantitative estimate of drug-likeness (QED) is 0.708. The van der Waals surface area contributed by atoms with Crippen LogP contribution < -0.4 is 5.32 Å². The zero-order chi connectivity index (χ0) is 20.1. The lowest BCUT2D eigenvalue weighted by Crippen LogP contribution is -2.41. The molecule has 0 radical (unpaired) electrons. The van der Waals surface area contributed by atoms with Gasteiger partial charge in [0.25, 0.3) is 5.91 Å². The van der Waals surface area contributed by atoms with Crippen LogP contribution in [-0.4, -0.2) is 47.1 Å². The van der Waals surface area contributed by atoms with Gasteiger partial charge in [-0.2, -0.15) is 0 Å². The molecule has 154 valence electrons. The number of hydrogen-bond donors (Lipinski definition) is 1. The Kier molecular flexibility index (Phi) is 4.18. The molecule has 6 nitrogen and oxygen atoms in total. The summed E-state index contributed by atoms with van der Waals surface area (Å²) in [5.41, 5.74) is 1.29. The van der Waals surface area contributed by atoms with Gasteiger partial charge in [-0.15, -0.1) is 0 Å². The number of likely N-dealkylation sites (tertiary alicyclic amines) is 1. The Balaban J connectivity index is 1.18. The van der Waals surface area contributed by atoms with Crippen molar-refractivity contribution in [3.63, 3.8) is 0 Å². The lowest BCUT2D eigenvalue weighted by atomic mass is 9.73. The number of nitrogens with one attached hydrogen (secondary N) is 1. The van der Waals surface area contributed by atoms with Crippen LogP contribution in [0.1, 0.15) is 29.0 Å². The van der Waals surface area contributed by atoms with Gasteiger partial charge in [-0.25, -0.2) is 0 Å². The Morgan fingerprint density at radius 3 is 3.13 bits per heavy atom. The average Bonchev–Trinajstić information content (AvgIpc) is 3.53. The van der Waals surface area contributed by atoms with Crippen LogP contribution in [0, 0.1) is 11.8 Å². The van der Waals surface area contributed by atoms with E-state index >= 15 is 0 Å². The minimum Gasteiger partial charge on any atom is -0.459 e. The Bertz CT molecular complexity index is 1080. The van der Waals surface area contributed by atoms with Gasteiger partial charge < -0.3 is 14.5 Å². The Labute approximate surface area is 175 Å². The van der Waals surface area contributed by atoms with Crippen LogP contribution in [0.2, 0.25) is 0 Å². The molecule has 4 atom stereocenters. The molecular weight excluding hydrogens is 378 g/mol. The third kappa shape index (κ3) is 2.86. The van der Waals surface area contributed by atoms with Gasteiger partial charge in [0, 0.05) is 55.8 Å². The van der Waals surface area contributed by atoms with Crippen molar-refractivity contribution in [3.05, 3.63) is 66.4 Å². The topological polar surface area (TPSA) is 67.6 Å². The monoisotopic (exact) mass is 403 g/mol. The van der Waals surface area contributed by atoms with Gasteiger partial charge >= 0.3 is 0 Å². The summed E-state index contributed by atoms with van der Waals surface area (Å²) >= 11 is 0. The van der Waals surface area contributed by atoms with Gasteiger partial charge in [0.15, 0.2) is 5.76 Å². The molecule has 6 rings (SSSR count). The van der Waals surface area contributed by atoms with Crippen LogP contribution >= 0.6 is 0 Å². The fourth-order valence-electron chi connectivity index (χ4n) is 5.95. The van der Waals surface area contributed by atoms with Crippen LogP contribution in [-0.2, 0) is 11.3 Å². The van der Waals surface area contributed by atoms with E-state index in [0.717, 1.165) is 32.5 Å². The van der Waals surface area contributed by atoms with Crippen molar-refractivity contribution < 1.29 is 13.9 Å². The van der Waals surface area contributed by atoms with E-state index < -0.39 is 0 Å². The van der Waals surface area contributed by atoms with Gasteiger partial charge in [0.2, 0.25) is 0 Å². The molecule has 3 fully saturated rings. The predicted octanol–water partition coefficient (Wildman–Crippen LogP) is 3.24. The second kappa shape index (κ2) is 6.93. The number of aromatic nitrogens is 1. The highest BCUT2D eigenvalue weighted by Gasteiger charge is 2.62. The van der Waals surface area contributed by atoms with E-state index in [0.29, 0.717) is 24.1 Å². The van der Waals surface area contributed by atoms with Gasteiger partial charge in [-0.3, -0.25) is 14.7 Å². The lowest BCUT2D eigenvalue weighted by molar-refractivity contribution is 0.00214. The maximum absolute atomic E-state index is 12.3. The average molecular weight is 403 g/mol. The molecule has 3 aliphatic rings. The van der Waals surface area contributed by atoms with Crippen molar-refractivity contribution in [2.75, 3.05) is 19.6 Å². The van der Waals surface area contributed by atoms with E-state index in [4.69, 9.17) is 9.15 Å². The number of carbonyl (C=O) groups excluding carboxylic acids is 1. The number of pyridine rings is 1. The molecule has 1 N–H and O–H groups in total. The standard InChI is InChI=1S/C24H25N3O3/c28-23(22-5-2-10-29-22)26-12-19-20-14-27(15-24(20)8-6-21(19)30-24)13-17-4-1-3-16-11-25-9-7-18(16)17/h1-5,7,9-11,19-21H,6,8,12-15H2,(H,26,28)/t19-,20+,21+,24+/m0/s1. The maximum atomic E-state index is 12.3. The van der Waals surface area contributed by atoms with Gasteiger partial charge in [0.1, 0.15) is 0 Å². The second-order valence-electron chi connectivity index (χ2n) is 8.90. The van der Waals surface area contributed by atoms with Crippen LogP contribution in [0.3, 0.4) is 0 Å². The van der Waals surface area contributed by atoms with Gasteiger partial charge in [0.05, 0.1) is 18.0 Å². The fraction of sp³-hybridized carbons (Fsp3) is 0.417. The second-order valence-corrected chi connectivity index (χ2v) is 8.90. The molecular formula is C24H25N3O3. The van der Waals surface area contributed by atoms with Crippen molar-refractivity contribution in [3.8, 4) is 0 Å². The highest BCUT2D eigenvalue weighted by molar-refractivity contribution is 5.91. The number of fused-ring (bicyclic) bond motifs is 2. The zero-order valence-corrected chi connectivity index (χ0v) is 16.8. The minimum absolute atomic E-state index is 0.0448. The van der Waals surface area contributed by atoms with E-state index in [1.54, 1.807) is 12.1 Å². The summed E-state index contributed by atoms with van der Waals surface area (Å²) in [5.74, 6) is 1.05. The Morgan fingerprint density at radius 2 is 2.23 bits per heavy atom. The first-order valence-electron chi connectivity index (χ1n) is 10.8. The molecule has 5 heterocycles. The molecule has 1 spiro atoms. The van der Waals surface area contributed by atoms with E-state index in [-0.39, 0.29) is 17.6 Å². The molecule has 3 saturated heterocycles. The number of ether oxygens (including phenoxy) is 1. The summed E-state index contributed by atoms with van der Waals surface area (Å²) in [7, 11) is 0. The highest BCUT2D eigenvalue weighted by atomic mass is 16.5. The van der Waals surface area contributed by atoms with Crippen LogP contribution in [0.4, 0.5) is 0 Å². The number of rotatable bonds is 5. The molecule has 0 aliphatic carbocycles. The van der Waals surface area contributed by atoms with Crippen LogP contribution in [0.5, 0.6) is 0 Å². The van der Waals surface area contributed by atoms with Crippen molar-refractivity contribution in [1.82, 2.24) is 15.2 Å². The van der Waals surface area contributed by atoms with E-state index in [1.807, 2.05) is 12.4 Å². The van der Waals surface area contributed by atoms with Crippen molar-refractivity contribution in [1.29, 1.82) is 0 Å². The van der Waals surface area contributed by atoms with Crippen molar-refractivity contribution >= 4 is 16.7 Å². The molecule has 30 heavy (non-hydrogen) atoms. The summed E-state index contributed by atoms with van der Waals surface area (Å²) in [4.78, 5) is 19.1. The molecule has 1 aromatic carbocycles. The minimum atomic E-state index is -0.143.